The molecule has 3 atom stereocenters. The van der Waals surface area contributed by atoms with Crippen LogP contribution in [0.25, 0.3) is 5.76 Å². The molecule has 36 heavy (non-hydrogen) atoms. The number of amides is 1. The number of aliphatic hydroxyl groups excluding tert-OH is 2. The van der Waals surface area contributed by atoms with E-state index in [9.17, 15) is 34.8 Å². The molecule has 3 aliphatic carbocycles. The number of anilines is 1. The molecule has 1 aliphatic heterocycles. The van der Waals surface area contributed by atoms with Gasteiger partial charge in [0.2, 0.25) is 5.78 Å². The first kappa shape index (κ1) is 24.4. The molecule has 5 rings (SSSR count). The maximum Gasteiger partial charge on any atom is 0.255 e. The van der Waals surface area contributed by atoms with Crippen LogP contribution in [-0.2, 0) is 20.8 Å². The summed E-state index contributed by atoms with van der Waals surface area (Å²) in [6.07, 6.45) is 3.23. The van der Waals surface area contributed by atoms with E-state index in [4.69, 9.17) is 5.73 Å². The minimum Gasteiger partial charge on any atom is -0.508 e. The van der Waals surface area contributed by atoms with Crippen molar-refractivity contribution in [1.29, 1.82) is 0 Å². The molecule has 1 saturated heterocycles. The van der Waals surface area contributed by atoms with Crippen molar-refractivity contribution in [3.05, 3.63) is 39.7 Å². The molecule has 0 spiro atoms. The monoisotopic (exact) mass is 496 g/mol. The Kier molecular flexibility index (Phi) is 5.66. The van der Waals surface area contributed by atoms with Crippen LogP contribution in [-0.4, -0.2) is 56.6 Å². The first-order valence-corrected chi connectivity index (χ1v) is 12.6. The number of carbonyl (C=O) groups is 3. The Morgan fingerprint density at radius 3 is 2.39 bits per heavy atom. The number of benzene rings is 1. The van der Waals surface area contributed by atoms with Crippen LogP contribution in [0.1, 0.15) is 68.6 Å². The highest BCUT2D eigenvalue weighted by atomic mass is 16.3. The molecule has 1 saturated carbocycles. The van der Waals surface area contributed by atoms with Gasteiger partial charge < -0.3 is 31.1 Å². The number of phenolic OH excluding ortho intramolecular Hbond substituents is 1. The summed E-state index contributed by atoms with van der Waals surface area (Å²) in [4.78, 5) is 40.1. The van der Waals surface area contributed by atoms with Crippen LogP contribution in [0.3, 0.4) is 0 Å². The van der Waals surface area contributed by atoms with Gasteiger partial charge in [-0.1, -0.05) is 13.8 Å². The number of nitrogens with zero attached hydrogens (tertiary/aromatic N) is 1. The van der Waals surface area contributed by atoms with Gasteiger partial charge in [0.15, 0.2) is 11.4 Å². The lowest BCUT2D eigenvalue weighted by molar-refractivity contribution is -0.147. The van der Waals surface area contributed by atoms with Gasteiger partial charge in [-0.3, -0.25) is 14.4 Å². The van der Waals surface area contributed by atoms with Gasteiger partial charge in [-0.05, 0) is 61.1 Å². The molecule has 1 heterocycles. The summed E-state index contributed by atoms with van der Waals surface area (Å²) in [5, 5.41) is 45.0. The smallest absolute Gasteiger partial charge is 0.255 e. The lowest BCUT2D eigenvalue weighted by Crippen LogP contribution is -2.58. The number of ketones is 2. The second-order valence-corrected chi connectivity index (χ2v) is 10.8. The molecule has 4 aliphatic rings. The molecule has 2 fully saturated rings. The average Bonchev–Trinajstić information content (AvgIpc) is 2.81. The SMILES string of the molecule is CC(C)c1cc(N2CCCCC2)c(O)c2c1C[C@H]1C[C@H]3CC(=O)C(C(N)=O)=C(O)[C@@]3(O)C(=O)C1=C2O. The van der Waals surface area contributed by atoms with Crippen LogP contribution in [0.15, 0.2) is 23.0 Å². The van der Waals surface area contributed by atoms with Crippen molar-refractivity contribution in [2.24, 2.45) is 17.6 Å². The van der Waals surface area contributed by atoms with Crippen LogP contribution in [0.4, 0.5) is 5.69 Å². The third-order valence-corrected chi connectivity index (χ3v) is 8.40. The molecule has 0 unspecified atom stereocenters. The summed E-state index contributed by atoms with van der Waals surface area (Å²) in [6, 6.07) is 1.97. The topological polar surface area (TPSA) is 161 Å². The largest absolute Gasteiger partial charge is 0.508 e. The number of hydrogen-bond donors (Lipinski definition) is 5. The Labute approximate surface area is 208 Å². The third kappa shape index (κ3) is 3.28. The highest BCUT2D eigenvalue weighted by molar-refractivity contribution is 6.22. The Morgan fingerprint density at radius 2 is 1.78 bits per heavy atom. The van der Waals surface area contributed by atoms with Gasteiger partial charge in [-0.25, -0.2) is 0 Å². The van der Waals surface area contributed by atoms with Gasteiger partial charge >= 0.3 is 0 Å². The van der Waals surface area contributed by atoms with Crippen molar-refractivity contribution in [1.82, 2.24) is 0 Å². The molecular formula is C27H32N2O7. The summed E-state index contributed by atoms with van der Waals surface area (Å²) in [5.41, 5.74) is 4.30. The molecule has 1 aromatic carbocycles. The van der Waals surface area contributed by atoms with E-state index >= 15 is 0 Å². The number of carbonyl (C=O) groups excluding carboxylic acids is 3. The van der Waals surface area contributed by atoms with Crippen molar-refractivity contribution < 1.29 is 34.8 Å². The Bertz CT molecular complexity index is 1260. The highest BCUT2D eigenvalue weighted by Gasteiger charge is 2.60. The highest BCUT2D eigenvalue weighted by Crippen LogP contribution is 2.54. The number of primary amides is 1. The van der Waals surface area contributed by atoms with Crippen molar-refractivity contribution >= 4 is 28.9 Å². The molecule has 6 N–H and O–H groups in total. The summed E-state index contributed by atoms with van der Waals surface area (Å²) in [6.45, 7) is 5.60. The zero-order chi connectivity index (χ0) is 26.1. The lowest BCUT2D eigenvalue weighted by atomic mass is 9.59. The lowest BCUT2D eigenvalue weighted by Gasteiger charge is -2.46. The number of rotatable bonds is 3. The summed E-state index contributed by atoms with van der Waals surface area (Å²) >= 11 is 0. The van der Waals surface area contributed by atoms with Crippen LogP contribution < -0.4 is 10.6 Å². The standard InChI is InChI=1S/C27H32N2O7/c1-12(2)15-11-17(29-6-4-3-5-7-29)22(31)20-16(15)9-13-8-14-10-18(30)21(26(28)35)25(34)27(14,36)24(33)19(13)23(20)32/h11-14,31-32,34,36H,3-10H2,1-2H3,(H2,28,35)/t13-,14+,27+/m1/s1. The van der Waals surface area contributed by atoms with Gasteiger partial charge in [0, 0.05) is 31.0 Å². The first-order valence-electron chi connectivity index (χ1n) is 12.6. The van der Waals surface area contributed by atoms with E-state index in [-0.39, 0.29) is 35.6 Å². The minimum absolute atomic E-state index is 0.0785. The number of aromatic hydroxyl groups is 1. The average molecular weight is 497 g/mol. The molecule has 0 radical (unpaired) electrons. The van der Waals surface area contributed by atoms with Crippen molar-refractivity contribution in [2.75, 3.05) is 18.0 Å². The number of Topliss-reactive ketones (excluding diaryl/α,β-unsaturated/α-hetero) is 2. The van der Waals surface area contributed by atoms with Crippen molar-refractivity contribution in [3.8, 4) is 5.75 Å². The van der Waals surface area contributed by atoms with E-state index < -0.39 is 52.0 Å². The maximum absolute atomic E-state index is 13.7. The maximum atomic E-state index is 13.7. The second kappa shape index (κ2) is 8.37. The number of aliphatic hydroxyl groups is 3. The molecule has 1 aromatic rings. The number of phenols is 1. The molecule has 0 aromatic heterocycles. The predicted molar refractivity (Wildman–Crippen MR) is 132 cm³/mol. The molecule has 1 amide bonds. The van der Waals surface area contributed by atoms with Crippen LogP contribution in [0.2, 0.25) is 0 Å². The van der Waals surface area contributed by atoms with E-state index in [0.29, 0.717) is 12.1 Å². The fourth-order valence-electron chi connectivity index (χ4n) is 6.59. The van der Waals surface area contributed by atoms with Gasteiger partial charge in [-0.2, -0.15) is 0 Å². The zero-order valence-electron chi connectivity index (χ0n) is 20.5. The van der Waals surface area contributed by atoms with Crippen LogP contribution in [0.5, 0.6) is 5.75 Å². The molecule has 192 valence electrons. The zero-order valence-corrected chi connectivity index (χ0v) is 20.5. The second-order valence-electron chi connectivity index (χ2n) is 10.8. The molecule has 9 heteroatoms. The van der Waals surface area contributed by atoms with Crippen LogP contribution in [0, 0.1) is 11.8 Å². The van der Waals surface area contributed by atoms with E-state index in [1.165, 1.54) is 0 Å². The molecular weight excluding hydrogens is 464 g/mol. The van der Waals surface area contributed by atoms with E-state index in [1.54, 1.807) is 0 Å². The van der Waals surface area contributed by atoms with Crippen molar-refractivity contribution in [2.45, 2.75) is 63.9 Å². The van der Waals surface area contributed by atoms with Gasteiger partial charge in [0.05, 0.1) is 11.3 Å². The third-order valence-electron chi connectivity index (χ3n) is 8.40. The quantitative estimate of drug-likeness (QED) is 0.399. The van der Waals surface area contributed by atoms with E-state index in [0.717, 1.165) is 43.5 Å². The molecule has 9 nitrogen and oxygen atoms in total. The fourth-order valence-corrected chi connectivity index (χ4v) is 6.59. The number of hydrogen-bond acceptors (Lipinski definition) is 8. The molecule has 0 bridgehead atoms. The van der Waals surface area contributed by atoms with Crippen LogP contribution >= 0.6 is 0 Å². The normalized spacial score (nSPS) is 28.3. The number of piperidine rings is 1. The minimum atomic E-state index is -2.55. The predicted octanol–water partition coefficient (Wildman–Crippen LogP) is 2.54. The fraction of sp³-hybridized carbons (Fsp3) is 0.519. The number of nitrogens with two attached hydrogens (primary N) is 1. The van der Waals surface area contributed by atoms with Gasteiger partial charge in [0.25, 0.3) is 5.91 Å². The first-order chi connectivity index (χ1) is 17.0. The summed E-state index contributed by atoms with van der Waals surface area (Å²) in [7, 11) is 0. The van der Waals surface area contributed by atoms with Crippen molar-refractivity contribution in [3.63, 3.8) is 0 Å². The van der Waals surface area contributed by atoms with E-state index in [1.807, 2.05) is 19.9 Å². The van der Waals surface area contributed by atoms with Gasteiger partial charge in [0.1, 0.15) is 22.8 Å². The Balaban J connectivity index is 1.71. The van der Waals surface area contributed by atoms with Gasteiger partial charge in [-0.15, -0.1) is 0 Å². The Morgan fingerprint density at radius 1 is 1.11 bits per heavy atom. The Hall–Kier alpha value is -3.33. The number of fused-ring (bicyclic) bond motifs is 3. The summed E-state index contributed by atoms with van der Waals surface area (Å²) < 4.78 is 0. The summed E-state index contributed by atoms with van der Waals surface area (Å²) in [5.74, 6) is -5.92. The van der Waals surface area contributed by atoms with E-state index in [2.05, 4.69) is 4.90 Å².